The Morgan fingerprint density at radius 1 is 1.22 bits per heavy atom. The lowest BCUT2D eigenvalue weighted by molar-refractivity contribution is -0.116. The highest BCUT2D eigenvalue weighted by molar-refractivity contribution is 9.10. The first kappa shape index (κ1) is 15.2. The molecule has 18 heavy (non-hydrogen) atoms. The maximum absolute atomic E-state index is 11.6. The lowest BCUT2D eigenvalue weighted by Crippen LogP contribution is -2.23. The Hall–Kier alpha value is -0.870. The van der Waals surface area contributed by atoms with Gasteiger partial charge in [-0.05, 0) is 43.1 Å². The molecule has 2 N–H and O–H groups in total. The molecule has 1 rings (SSSR count). The third kappa shape index (κ3) is 6.77. The molecule has 4 heteroatoms. The zero-order valence-corrected chi connectivity index (χ0v) is 12.6. The van der Waals surface area contributed by atoms with Gasteiger partial charge in [0.05, 0.1) is 0 Å². The Kier molecular flexibility index (Phi) is 6.98. The van der Waals surface area contributed by atoms with Crippen LogP contribution < -0.4 is 10.6 Å². The van der Waals surface area contributed by atoms with Crippen molar-refractivity contribution >= 4 is 27.5 Å². The van der Waals surface area contributed by atoms with E-state index in [4.69, 9.17) is 0 Å². The van der Waals surface area contributed by atoms with Gasteiger partial charge < -0.3 is 10.6 Å². The largest absolute Gasteiger partial charge is 0.326 e. The van der Waals surface area contributed by atoms with Crippen LogP contribution in [-0.2, 0) is 4.79 Å². The van der Waals surface area contributed by atoms with Gasteiger partial charge in [-0.3, -0.25) is 4.79 Å². The molecule has 0 aliphatic carbocycles. The van der Waals surface area contributed by atoms with Gasteiger partial charge in [-0.1, -0.05) is 29.8 Å². The zero-order chi connectivity index (χ0) is 13.4. The third-order valence-corrected chi connectivity index (χ3v) is 3.08. The smallest absolute Gasteiger partial charge is 0.225 e. The normalized spacial score (nSPS) is 10.7. The summed E-state index contributed by atoms with van der Waals surface area (Å²) < 4.78 is 1.01. The summed E-state index contributed by atoms with van der Waals surface area (Å²) in [5.41, 5.74) is 0.838. The van der Waals surface area contributed by atoms with Gasteiger partial charge in [0.2, 0.25) is 5.91 Å². The second kappa shape index (κ2) is 8.27. The molecule has 0 heterocycles. The topological polar surface area (TPSA) is 41.1 Å². The first-order valence-electron chi connectivity index (χ1n) is 6.34. The van der Waals surface area contributed by atoms with Crippen LogP contribution >= 0.6 is 15.9 Å². The van der Waals surface area contributed by atoms with E-state index in [-0.39, 0.29) is 5.91 Å². The molecule has 3 nitrogen and oxygen atoms in total. The van der Waals surface area contributed by atoms with Gasteiger partial charge in [0.1, 0.15) is 0 Å². The predicted octanol–water partition coefficient (Wildman–Crippen LogP) is 3.41. The summed E-state index contributed by atoms with van der Waals surface area (Å²) in [5.74, 6) is 0.753. The van der Waals surface area contributed by atoms with E-state index in [2.05, 4.69) is 40.4 Å². The van der Waals surface area contributed by atoms with Crippen molar-refractivity contribution in [2.24, 2.45) is 5.92 Å². The van der Waals surface area contributed by atoms with Crippen LogP contribution in [0.3, 0.4) is 0 Å². The summed E-state index contributed by atoms with van der Waals surface area (Å²) in [6.07, 6.45) is 1.66. The highest BCUT2D eigenvalue weighted by atomic mass is 79.9. The van der Waals surface area contributed by atoms with Gasteiger partial charge in [-0.2, -0.15) is 0 Å². The highest BCUT2D eigenvalue weighted by Gasteiger charge is 2.02. The van der Waals surface area contributed by atoms with Crippen LogP contribution in [0.5, 0.6) is 0 Å². The van der Waals surface area contributed by atoms with Crippen molar-refractivity contribution in [3.05, 3.63) is 28.7 Å². The molecule has 0 bridgehead atoms. The van der Waals surface area contributed by atoms with Crippen LogP contribution in [0.4, 0.5) is 5.69 Å². The fraction of sp³-hybridized carbons (Fsp3) is 0.500. The average molecular weight is 313 g/mol. The van der Waals surface area contributed by atoms with E-state index in [0.717, 1.165) is 29.7 Å². The van der Waals surface area contributed by atoms with Gasteiger partial charge >= 0.3 is 0 Å². The molecular weight excluding hydrogens is 292 g/mol. The van der Waals surface area contributed by atoms with Crippen LogP contribution in [0.1, 0.15) is 26.7 Å². The number of halogens is 1. The Morgan fingerprint density at radius 3 is 2.50 bits per heavy atom. The number of amides is 1. The average Bonchev–Trinajstić information content (AvgIpc) is 2.31. The van der Waals surface area contributed by atoms with Crippen LogP contribution in [-0.4, -0.2) is 19.0 Å². The Balaban J connectivity index is 2.16. The maximum Gasteiger partial charge on any atom is 0.225 e. The molecule has 0 spiro atoms. The van der Waals surface area contributed by atoms with Crippen molar-refractivity contribution in [1.29, 1.82) is 0 Å². The van der Waals surface area contributed by atoms with Gasteiger partial charge in [-0.25, -0.2) is 0 Å². The Morgan fingerprint density at radius 2 is 1.89 bits per heavy atom. The molecule has 1 aromatic rings. The molecule has 0 fully saturated rings. The minimum atomic E-state index is 0.0503. The second-order valence-corrected chi connectivity index (χ2v) is 5.65. The SMILES string of the molecule is CC(C)CCNCCC(=O)Nc1ccc(Br)cc1. The lowest BCUT2D eigenvalue weighted by atomic mass is 10.1. The summed E-state index contributed by atoms with van der Waals surface area (Å²) in [6, 6.07) is 7.59. The van der Waals surface area contributed by atoms with E-state index in [1.54, 1.807) is 0 Å². The lowest BCUT2D eigenvalue weighted by Gasteiger charge is -2.07. The maximum atomic E-state index is 11.6. The fourth-order valence-electron chi connectivity index (χ4n) is 1.47. The van der Waals surface area contributed by atoms with Gasteiger partial charge in [0.15, 0.2) is 0 Å². The van der Waals surface area contributed by atoms with Crippen molar-refractivity contribution in [2.45, 2.75) is 26.7 Å². The number of anilines is 1. The highest BCUT2D eigenvalue weighted by Crippen LogP contribution is 2.14. The monoisotopic (exact) mass is 312 g/mol. The molecule has 0 radical (unpaired) electrons. The van der Waals surface area contributed by atoms with Crippen molar-refractivity contribution in [3.63, 3.8) is 0 Å². The van der Waals surface area contributed by atoms with Crippen LogP contribution in [0, 0.1) is 5.92 Å². The number of benzene rings is 1. The third-order valence-electron chi connectivity index (χ3n) is 2.56. The van der Waals surface area contributed by atoms with Crippen LogP contribution in [0.15, 0.2) is 28.7 Å². The summed E-state index contributed by atoms with van der Waals surface area (Å²) >= 11 is 3.36. The molecule has 0 aromatic heterocycles. The van der Waals surface area contributed by atoms with E-state index >= 15 is 0 Å². The first-order chi connectivity index (χ1) is 8.58. The number of hydrogen-bond donors (Lipinski definition) is 2. The summed E-state index contributed by atoms with van der Waals surface area (Å²) in [7, 11) is 0. The van der Waals surface area contributed by atoms with Crippen molar-refractivity contribution in [1.82, 2.24) is 5.32 Å². The van der Waals surface area contributed by atoms with Crippen LogP contribution in [0.25, 0.3) is 0 Å². The van der Waals surface area contributed by atoms with E-state index in [1.165, 1.54) is 0 Å². The molecule has 100 valence electrons. The first-order valence-corrected chi connectivity index (χ1v) is 7.13. The molecule has 0 saturated heterocycles. The molecule has 0 unspecified atom stereocenters. The van der Waals surface area contributed by atoms with Crippen LogP contribution in [0.2, 0.25) is 0 Å². The van der Waals surface area contributed by atoms with E-state index in [0.29, 0.717) is 12.3 Å². The minimum Gasteiger partial charge on any atom is -0.326 e. The van der Waals surface area contributed by atoms with Crippen molar-refractivity contribution in [2.75, 3.05) is 18.4 Å². The number of rotatable bonds is 7. The number of carbonyl (C=O) groups excluding carboxylic acids is 1. The summed E-state index contributed by atoms with van der Waals surface area (Å²) in [6.45, 7) is 6.10. The molecular formula is C14H21BrN2O. The van der Waals surface area contributed by atoms with E-state index in [1.807, 2.05) is 24.3 Å². The quantitative estimate of drug-likeness (QED) is 0.757. The van der Waals surface area contributed by atoms with E-state index in [9.17, 15) is 4.79 Å². The van der Waals surface area contributed by atoms with Gasteiger partial charge in [0.25, 0.3) is 0 Å². The Labute approximate surface area is 117 Å². The Bertz CT molecular complexity index is 363. The fourth-order valence-corrected chi connectivity index (χ4v) is 1.74. The van der Waals surface area contributed by atoms with Gasteiger partial charge in [0, 0.05) is 23.1 Å². The molecule has 0 aliphatic rings. The molecule has 0 saturated carbocycles. The molecule has 0 aliphatic heterocycles. The molecule has 0 atom stereocenters. The number of hydrogen-bond acceptors (Lipinski definition) is 2. The zero-order valence-electron chi connectivity index (χ0n) is 11.0. The van der Waals surface area contributed by atoms with Gasteiger partial charge in [-0.15, -0.1) is 0 Å². The number of carbonyl (C=O) groups is 1. The second-order valence-electron chi connectivity index (χ2n) is 4.74. The summed E-state index contributed by atoms with van der Waals surface area (Å²) in [4.78, 5) is 11.6. The molecule has 1 amide bonds. The standard InChI is InChI=1S/C14H21BrN2O/c1-11(2)7-9-16-10-8-14(18)17-13-5-3-12(15)4-6-13/h3-6,11,16H,7-10H2,1-2H3,(H,17,18). The van der Waals surface area contributed by atoms with Crippen molar-refractivity contribution in [3.8, 4) is 0 Å². The molecule has 1 aromatic carbocycles. The van der Waals surface area contributed by atoms with Crippen molar-refractivity contribution < 1.29 is 4.79 Å². The summed E-state index contributed by atoms with van der Waals surface area (Å²) in [5, 5.41) is 6.14. The number of nitrogens with one attached hydrogen (secondary N) is 2. The predicted molar refractivity (Wildman–Crippen MR) is 79.7 cm³/mol. The minimum absolute atomic E-state index is 0.0503. The van der Waals surface area contributed by atoms with E-state index < -0.39 is 0 Å².